The largest absolute Gasteiger partial charge is 0.492 e. The number of esters is 1. The van der Waals surface area contributed by atoms with E-state index in [9.17, 15) is 4.79 Å². The smallest absolute Gasteiger partial charge is 0.310 e. The number of methoxy groups -OCH3 is 1. The zero-order valence-electron chi connectivity index (χ0n) is 16.1. The maximum atomic E-state index is 11.9. The Morgan fingerprint density at radius 2 is 2.15 bits per heavy atom. The van der Waals surface area contributed by atoms with Crippen LogP contribution in [0.4, 0.5) is 0 Å². The zero-order valence-corrected chi connectivity index (χ0v) is 16.1. The van der Waals surface area contributed by atoms with E-state index in [0.29, 0.717) is 25.4 Å². The van der Waals surface area contributed by atoms with Gasteiger partial charge in [0, 0.05) is 25.7 Å². The molecule has 2 heterocycles. The SMILES string of the molecule is CCNC(=NCCOc1ccc2c(c1)OCO2)N1CC(C)C(C(=O)OC)C1. The normalized spacial score (nSPS) is 21.3. The molecule has 1 aromatic carbocycles. The van der Waals surface area contributed by atoms with Gasteiger partial charge in [-0.05, 0) is 25.0 Å². The van der Waals surface area contributed by atoms with Gasteiger partial charge in [-0.25, -0.2) is 4.99 Å². The molecule has 0 spiro atoms. The topological polar surface area (TPSA) is 81.6 Å². The Labute approximate surface area is 159 Å². The molecule has 1 fully saturated rings. The zero-order chi connectivity index (χ0) is 19.2. The van der Waals surface area contributed by atoms with E-state index in [1.807, 2.05) is 25.1 Å². The van der Waals surface area contributed by atoms with Gasteiger partial charge in [0.25, 0.3) is 0 Å². The van der Waals surface area contributed by atoms with Crippen molar-refractivity contribution in [2.24, 2.45) is 16.8 Å². The molecule has 1 N–H and O–H groups in total. The minimum absolute atomic E-state index is 0.122. The lowest BCUT2D eigenvalue weighted by molar-refractivity contribution is -0.145. The minimum atomic E-state index is -0.160. The van der Waals surface area contributed by atoms with Crippen LogP contribution >= 0.6 is 0 Å². The molecule has 2 aliphatic heterocycles. The summed E-state index contributed by atoms with van der Waals surface area (Å²) in [6.07, 6.45) is 0. The molecule has 0 aromatic heterocycles. The molecule has 0 radical (unpaired) electrons. The summed E-state index contributed by atoms with van der Waals surface area (Å²) in [4.78, 5) is 18.6. The van der Waals surface area contributed by atoms with Gasteiger partial charge in [-0.2, -0.15) is 0 Å². The minimum Gasteiger partial charge on any atom is -0.492 e. The lowest BCUT2D eigenvalue weighted by atomic mass is 9.99. The van der Waals surface area contributed by atoms with E-state index in [1.54, 1.807) is 0 Å². The summed E-state index contributed by atoms with van der Waals surface area (Å²) in [5.74, 6) is 2.90. The second-order valence-corrected chi connectivity index (χ2v) is 6.61. The first kappa shape index (κ1) is 19.1. The number of aliphatic imine (C=N–C) groups is 1. The first-order valence-electron chi connectivity index (χ1n) is 9.26. The van der Waals surface area contributed by atoms with Gasteiger partial charge in [0.2, 0.25) is 6.79 Å². The van der Waals surface area contributed by atoms with Gasteiger partial charge >= 0.3 is 5.97 Å². The Bertz CT molecular complexity index is 694. The summed E-state index contributed by atoms with van der Waals surface area (Å²) in [5, 5.41) is 3.29. The average molecular weight is 377 g/mol. The number of carbonyl (C=O) groups is 1. The summed E-state index contributed by atoms with van der Waals surface area (Å²) < 4.78 is 21.3. The Balaban J connectivity index is 1.54. The number of hydrogen-bond acceptors (Lipinski definition) is 6. The molecule has 27 heavy (non-hydrogen) atoms. The van der Waals surface area contributed by atoms with Gasteiger partial charge in [0.05, 0.1) is 19.6 Å². The number of rotatable bonds is 6. The number of hydrogen-bond donors (Lipinski definition) is 1. The van der Waals surface area contributed by atoms with E-state index < -0.39 is 0 Å². The average Bonchev–Trinajstić information content (AvgIpc) is 3.29. The molecule has 8 heteroatoms. The van der Waals surface area contributed by atoms with Crippen LogP contribution in [-0.4, -0.2) is 63.5 Å². The molecule has 2 aliphatic rings. The van der Waals surface area contributed by atoms with Crippen LogP contribution in [-0.2, 0) is 9.53 Å². The predicted octanol–water partition coefficient (Wildman–Crippen LogP) is 1.50. The van der Waals surface area contributed by atoms with Crippen LogP contribution in [0.15, 0.2) is 23.2 Å². The molecule has 0 saturated carbocycles. The van der Waals surface area contributed by atoms with Crippen LogP contribution in [0.5, 0.6) is 17.2 Å². The Morgan fingerprint density at radius 1 is 1.33 bits per heavy atom. The summed E-state index contributed by atoms with van der Waals surface area (Å²) >= 11 is 0. The van der Waals surface area contributed by atoms with Gasteiger partial charge in [-0.3, -0.25) is 4.79 Å². The highest BCUT2D eigenvalue weighted by Crippen LogP contribution is 2.35. The lowest BCUT2D eigenvalue weighted by Gasteiger charge is -2.21. The fourth-order valence-electron chi connectivity index (χ4n) is 3.31. The monoisotopic (exact) mass is 377 g/mol. The molecule has 0 aliphatic carbocycles. The Hall–Kier alpha value is -2.64. The summed E-state index contributed by atoms with van der Waals surface area (Å²) in [7, 11) is 1.43. The highest BCUT2D eigenvalue weighted by Gasteiger charge is 2.36. The van der Waals surface area contributed by atoms with Crippen LogP contribution in [0.25, 0.3) is 0 Å². The highest BCUT2D eigenvalue weighted by atomic mass is 16.7. The number of guanidine groups is 1. The van der Waals surface area contributed by atoms with Crippen molar-refractivity contribution < 1.29 is 23.7 Å². The van der Waals surface area contributed by atoms with Crippen molar-refractivity contribution in [2.75, 3.05) is 46.7 Å². The van der Waals surface area contributed by atoms with Crippen molar-refractivity contribution in [2.45, 2.75) is 13.8 Å². The molecule has 0 amide bonds. The van der Waals surface area contributed by atoms with Crippen molar-refractivity contribution in [3.63, 3.8) is 0 Å². The van der Waals surface area contributed by atoms with Gasteiger partial charge < -0.3 is 29.2 Å². The fraction of sp³-hybridized carbons (Fsp3) is 0.579. The van der Waals surface area contributed by atoms with E-state index in [1.165, 1.54) is 7.11 Å². The quantitative estimate of drug-likeness (QED) is 0.348. The number of carbonyl (C=O) groups excluding carboxylic acids is 1. The van der Waals surface area contributed by atoms with Crippen LogP contribution in [0, 0.1) is 11.8 Å². The molecule has 148 valence electrons. The number of ether oxygens (including phenoxy) is 4. The number of fused-ring (bicyclic) bond motifs is 1. The summed E-state index contributed by atoms with van der Waals surface area (Å²) in [6, 6.07) is 5.51. The first-order valence-corrected chi connectivity index (χ1v) is 9.26. The summed E-state index contributed by atoms with van der Waals surface area (Å²) in [6.45, 7) is 7.43. The van der Waals surface area contributed by atoms with Gasteiger partial charge in [0.15, 0.2) is 17.5 Å². The number of nitrogens with zero attached hydrogens (tertiary/aromatic N) is 2. The molecule has 2 atom stereocenters. The maximum absolute atomic E-state index is 11.9. The van der Waals surface area contributed by atoms with E-state index in [4.69, 9.17) is 18.9 Å². The standard InChI is InChI=1S/C19H27N3O5/c1-4-20-19(22-10-13(2)15(11-22)18(23)24-3)21-7-8-25-14-5-6-16-17(9-14)27-12-26-16/h5-6,9,13,15H,4,7-8,10-12H2,1-3H3,(H,20,21). The van der Waals surface area contributed by atoms with Crippen molar-refractivity contribution >= 4 is 11.9 Å². The second kappa shape index (κ2) is 8.83. The summed E-state index contributed by atoms with van der Waals surface area (Å²) in [5.41, 5.74) is 0. The van der Waals surface area contributed by atoms with E-state index in [2.05, 4.69) is 22.1 Å². The fourth-order valence-corrected chi connectivity index (χ4v) is 3.31. The number of likely N-dealkylation sites (tertiary alicyclic amines) is 1. The van der Waals surface area contributed by atoms with Gasteiger partial charge in [0.1, 0.15) is 12.4 Å². The third kappa shape index (κ3) is 4.56. The van der Waals surface area contributed by atoms with Crippen LogP contribution in [0.1, 0.15) is 13.8 Å². The molecule has 1 aromatic rings. The number of benzene rings is 1. The third-order valence-electron chi connectivity index (χ3n) is 4.72. The van der Waals surface area contributed by atoms with Crippen LogP contribution < -0.4 is 19.5 Å². The first-order chi connectivity index (χ1) is 13.1. The van der Waals surface area contributed by atoms with Crippen LogP contribution in [0.2, 0.25) is 0 Å². The maximum Gasteiger partial charge on any atom is 0.310 e. The lowest BCUT2D eigenvalue weighted by Crippen LogP contribution is -2.41. The predicted molar refractivity (Wildman–Crippen MR) is 100 cm³/mol. The van der Waals surface area contributed by atoms with Gasteiger partial charge in [-0.1, -0.05) is 6.92 Å². The van der Waals surface area contributed by atoms with Crippen molar-refractivity contribution in [3.8, 4) is 17.2 Å². The van der Waals surface area contributed by atoms with Crippen LogP contribution in [0.3, 0.4) is 0 Å². The highest BCUT2D eigenvalue weighted by molar-refractivity contribution is 5.82. The molecule has 2 unspecified atom stereocenters. The van der Waals surface area contributed by atoms with E-state index >= 15 is 0 Å². The van der Waals surface area contributed by atoms with Gasteiger partial charge in [-0.15, -0.1) is 0 Å². The molecular formula is C19H27N3O5. The Kier molecular flexibility index (Phi) is 6.26. The van der Waals surface area contributed by atoms with Crippen molar-refractivity contribution in [3.05, 3.63) is 18.2 Å². The molecule has 0 bridgehead atoms. The molecular weight excluding hydrogens is 350 g/mol. The van der Waals surface area contributed by atoms with E-state index in [0.717, 1.165) is 30.5 Å². The Morgan fingerprint density at radius 3 is 2.93 bits per heavy atom. The van der Waals surface area contributed by atoms with Crippen molar-refractivity contribution in [1.29, 1.82) is 0 Å². The second-order valence-electron chi connectivity index (χ2n) is 6.61. The molecule has 1 saturated heterocycles. The number of nitrogens with one attached hydrogen (secondary N) is 1. The molecule has 3 rings (SSSR count). The third-order valence-corrected chi connectivity index (χ3v) is 4.72. The van der Waals surface area contributed by atoms with Crippen molar-refractivity contribution in [1.82, 2.24) is 10.2 Å². The van der Waals surface area contributed by atoms with E-state index in [-0.39, 0.29) is 24.6 Å². The molecule has 8 nitrogen and oxygen atoms in total.